The zero-order chi connectivity index (χ0) is 13.7. The van der Waals surface area contributed by atoms with Gasteiger partial charge in [-0.15, -0.1) is 0 Å². The molecule has 0 aliphatic rings. The second kappa shape index (κ2) is 6.34. The predicted molar refractivity (Wildman–Crippen MR) is 80.0 cm³/mol. The highest BCUT2D eigenvalue weighted by Crippen LogP contribution is 2.17. The molecule has 0 spiro atoms. The number of rotatable bonds is 5. The molecular weight excluding hydrogens is 234 g/mol. The van der Waals surface area contributed by atoms with Gasteiger partial charge in [-0.3, -0.25) is 0 Å². The Morgan fingerprint density at radius 1 is 1.16 bits per heavy atom. The van der Waals surface area contributed by atoms with Crippen molar-refractivity contribution in [1.29, 1.82) is 0 Å². The Morgan fingerprint density at radius 2 is 1.89 bits per heavy atom. The van der Waals surface area contributed by atoms with Crippen LogP contribution in [-0.2, 0) is 6.54 Å². The number of benzene rings is 1. The third kappa shape index (κ3) is 3.55. The number of pyridine rings is 1. The van der Waals surface area contributed by atoms with Crippen LogP contribution in [0.4, 0.5) is 5.82 Å². The van der Waals surface area contributed by atoms with Gasteiger partial charge < -0.3 is 10.6 Å². The fourth-order valence-electron chi connectivity index (χ4n) is 2.02. The van der Waals surface area contributed by atoms with Crippen molar-refractivity contribution in [2.75, 3.05) is 11.9 Å². The summed E-state index contributed by atoms with van der Waals surface area (Å²) >= 11 is 0. The van der Waals surface area contributed by atoms with Gasteiger partial charge >= 0.3 is 0 Å². The van der Waals surface area contributed by atoms with Gasteiger partial charge in [-0.2, -0.15) is 0 Å². The van der Waals surface area contributed by atoms with E-state index in [1.54, 1.807) is 0 Å². The molecule has 1 heterocycles. The monoisotopic (exact) mass is 255 g/mol. The fourth-order valence-corrected chi connectivity index (χ4v) is 2.02. The van der Waals surface area contributed by atoms with Crippen LogP contribution in [0.25, 0.3) is 0 Å². The number of nitrogens with two attached hydrogens (primary N) is 1. The van der Waals surface area contributed by atoms with E-state index in [0.717, 1.165) is 24.3 Å². The van der Waals surface area contributed by atoms with Crippen LogP contribution in [0.3, 0.4) is 0 Å². The molecule has 1 atom stereocenters. The van der Waals surface area contributed by atoms with Crippen LogP contribution in [-0.4, -0.2) is 12.0 Å². The van der Waals surface area contributed by atoms with Gasteiger partial charge in [0.05, 0.1) is 0 Å². The second-order valence-corrected chi connectivity index (χ2v) is 4.81. The molecular formula is C16H21N3. The first kappa shape index (κ1) is 13.6. The molecule has 19 heavy (non-hydrogen) atoms. The first-order valence-electron chi connectivity index (χ1n) is 6.67. The van der Waals surface area contributed by atoms with E-state index in [-0.39, 0.29) is 6.04 Å². The highest BCUT2D eigenvalue weighted by molar-refractivity contribution is 5.40. The van der Waals surface area contributed by atoms with E-state index >= 15 is 0 Å². The Labute approximate surface area is 115 Å². The van der Waals surface area contributed by atoms with Gasteiger partial charge in [0.15, 0.2) is 0 Å². The van der Waals surface area contributed by atoms with Gasteiger partial charge in [-0.05, 0) is 23.6 Å². The zero-order valence-corrected chi connectivity index (χ0v) is 11.6. The summed E-state index contributed by atoms with van der Waals surface area (Å²) in [5, 5.41) is 0. The van der Waals surface area contributed by atoms with Crippen LogP contribution in [0, 0.1) is 0 Å². The molecule has 0 radical (unpaired) electrons. The lowest BCUT2D eigenvalue weighted by atomic mass is 10.1. The van der Waals surface area contributed by atoms with Crippen LogP contribution in [0.2, 0.25) is 0 Å². The Morgan fingerprint density at radius 3 is 2.47 bits per heavy atom. The molecule has 3 heteroatoms. The van der Waals surface area contributed by atoms with Crippen LogP contribution < -0.4 is 10.6 Å². The van der Waals surface area contributed by atoms with Gasteiger partial charge in [0.2, 0.25) is 0 Å². The largest absolute Gasteiger partial charge is 0.355 e. The molecule has 0 bridgehead atoms. The molecule has 0 saturated heterocycles. The van der Waals surface area contributed by atoms with E-state index in [4.69, 9.17) is 5.73 Å². The molecule has 0 fully saturated rings. The number of hydrogen-bond donors (Lipinski definition) is 1. The highest BCUT2D eigenvalue weighted by atomic mass is 15.2. The van der Waals surface area contributed by atoms with E-state index in [9.17, 15) is 0 Å². The summed E-state index contributed by atoms with van der Waals surface area (Å²) in [6, 6.07) is 14.6. The quantitative estimate of drug-likeness (QED) is 0.892. The number of hydrogen-bond acceptors (Lipinski definition) is 3. The highest BCUT2D eigenvalue weighted by Gasteiger charge is 2.06. The van der Waals surface area contributed by atoms with Crippen LogP contribution in [0.15, 0.2) is 48.7 Å². The summed E-state index contributed by atoms with van der Waals surface area (Å²) in [6.45, 7) is 2.94. The van der Waals surface area contributed by atoms with Crippen molar-refractivity contribution in [3.8, 4) is 0 Å². The van der Waals surface area contributed by atoms with Gasteiger partial charge in [-0.1, -0.05) is 43.3 Å². The minimum atomic E-state index is 0.0842. The van der Waals surface area contributed by atoms with E-state index in [0.29, 0.717) is 0 Å². The third-order valence-electron chi connectivity index (χ3n) is 3.29. The molecule has 0 amide bonds. The van der Waals surface area contributed by atoms with Crippen molar-refractivity contribution < 1.29 is 0 Å². The Kier molecular flexibility index (Phi) is 4.53. The van der Waals surface area contributed by atoms with Gasteiger partial charge in [0.25, 0.3) is 0 Å². The van der Waals surface area contributed by atoms with E-state index < -0.39 is 0 Å². The predicted octanol–water partition coefficient (Wildman–Crippen LogP) is 3.13. The third-order valence-corrected chi connectivity index (χ3v) is 3.29. The zero-order valence-electron chi connectivity index (χ0n) is 11.6. The Balaban J connectivity index is 2.05. The van der Waals surface area contributed by atoms with Crippen LogP contribution >= 0.6 is 0 Å². The van der Waals surface area contributed by atoms with Crippen LogP contribution in [0.1, 0.15) is 30.5 Å². The molecule has 0 aliphatic carbocycles. The molecule has 2 aromatic rings. The lowest BCUT2D eigenvalue weighted by molar-refractivity contribution is 0.694. The smallest absolute Gasteiger partial charge is 0.128 e. The molecule has 0 saturated carbocycles. The minimum Gasteiger partial charge on any atom is -0.355 e. The van der Waals surface area contributed by atoms with Gasteiger partial charge in [-0.25, -0.2) is 4.98 Å². The van der Waals surface area contributed by atoms with Crippen molar-refractivity contribution in [2.45, 2.75) is 25.9 Å². The van der Waals surface area contributed by atoms with Crippen molar-refractivity contribution in [3.05, 3.63) is 59.8 Å². The number of nitrogens with zero attached hydrogens (tertiary/aromatic N) is 2. The molecule has 3 nitrogen and oxygen atoms in total. The van der Waals surface area contributed by atoms with E-state index in [1.807, 2.05) is 18.3 Å². The average molecular weight is 255 g/mol. The standard InChI is InChI=1S/C16H21N3/c1-3-15(17)14-9-10-16(18-11-14)19(2)12-13-7-5-4-6-8-13/h4-11,15H,3,12,17H2,1-2H3. The SMILES string of the molecule is CCC(N)c1ccc(N(C)Cc2ccccc2)nc1. The first-order valence-corrected chi connectivity index (χ1v) is 6.67. The average Bonchev–Trinajstić information content (AvgIpc) is 2.47. The summed E-state index contributed by atoms with van der Waals surface area (Å²) in [5.41, 5.74) is 8.37. The minimum absolute atomic E-state index is 0.0842. The fraction of sp³-hybridized carbons (Fsp3) is 0.312. The molecule has 1 unspecified atom stereocenters. The van der Waals surface area contributed by atoms with E-state index in [1.165, 1.54) is 5.56 Å². The van der Waals surface area contributed by atoms with Gasteiger partial charge in [0, 0.05) is 25.8 Å². The maximum atomic E-state index is 5.99. The van der Waals surface area contributed by atoms with Crippen molar-refractivity contribution in [2.24, 2.45) is 5.73 Å². The maximum absolute atomic E-state index is 5.99. The molecule has 1 aromatic heterocycles. The summed E-state index contributed by atoms with van der Waals surface area (Å²) in [5.74, 6) is 0.968. The molecule has 1 aromatic carbocycles. The normalized spacial score (nSPS) is 12.2. The molecule has 0 aliphatic heterocycles. The Bertz CT molecular complexity index is 493. The van der Waals surface area contributed by atoms with Crippen LogP contribution in [0.5, 0.6) is 0 Å². The second-order valence-electron chi connectivity index (χ2n) is 4.81. The summed E-state index contributed by atoms with van der Waals surface area (Å²) < 4.78 is 0. The molecule has 2 N–H and O–H groups in total. The maximum Gasteiger partial charge on any atom is 0.128 e. The van der Waals surface area contributed by atoms with Crippen molar-refractivity contribution in [3.63, 3.8) is 0 Å². The topological polar surface area (TPSA) is 42.1 Å². The number of aromatic nitrogens is 1. The number of anilines is 1. The van der Waals surface area contributed by atoms with Gasteiger partial charge in [0.1, 0.15) is 5.82 Å². The van der Waals surface area contributed by atoms with Crippen molar-refractivity contribution >= 4 is 5.82 Å². The summed E-state index contributed by atoms with van der Waals surface area (Å²) in [6.07, 6.45) is 2.81. The lowest BCUT2D eigenvalue weighted by Crippen LogP contribution is -2.18. The summed E-state index contributed by atoms with van der Waals surface area (Å²) in [7, 11) is 2.05. The molecule has 2 rings (SSSR count). The Hall–Kier alpha value is -1.87. The first-order chi connectivity index (χ1) is 9.20. The van der Waals surface area contributed by atoms with Crippen molar-refractivity contribution in [1.82, 2.24) is 4.98 Å². The summed E-state index contributed by atoms with van der Waals surface area (Å²) in [4.78, 5) is 6.63. The lowest BCUT2D eigenvalue weighted by Gasteiger charge is -2.19. The van der Waals surface area contributed by atoms with E-state index in [2.05, 4.69) is 54.2 Å². The molecule has 100 valence electrons.